The third-order valence-corrected chi connectivity index (χ3v) is 4.53. The van der Waals surface area contributed by atoms with E-state index in [2.05, 4.69) is 4.98 Å². The fourth-order valence-electron chi connectivity index (χ4n) is 2.12. The summed E-state index contributed by atoms with van der Waals surface area (Å²) >= 11 is 7.06. The molecule has 3 rings (SSSR count). The molecule has 8 heteroatoms. The van der Waals surface area contributed by atoms with Crippen LogP contribution in [-0.2, 0) is 0 Å². The number of hydrogen-bond acceptors (Lipinski definition) is 6. The molecule has 0 atom stereocenters. The summed E-state index contributed by atoms with van der Waals surface area (Å²) in [4.78, 5) is 26.7. The number of thiazole rings is 1. The summed E-state index contributed by atoms with van der Waals surface area (Å²) in [5.74, 6) is -0.121. The number of carbonyl (C=O) groups excluding carboxylic acids is 1. The molecule has 0 aliphatic heterocycles. The molecule has 0 saturated carbocycles. The Morgan fingerprint density at radius 3 is 2.92 bits per heavy atom. The number of furan rings is 1. The van der Waals surface area contributed by atoms with Crippen LogP contribution in [0.1, 0.15) is 16.1 Å². The summed E-state index contributed by atoms with van der Waals surface area (Å²) in [7, 11) is 1.40. The van der Waals surface area contributed by atoms with Gasteiger partial charge in [-0.25, -0.2) is 0 Å². The molecule has 0 unspecified atom stereocenters. The molecule has 0 spiro atoms. The highest BCUT2D eigenvalue weighted by Gasteiger charge is 2.09. The third-order valence-electron chi connectivity index (χ3n) is 3.28. The maximum absolute atomic E-state index is 12.1. The molecule has 25 heavy (non-hydrogen) atoms. The number of Topliss-reactive ketones (excluding diaryl/α,β-unsaturated/α-hetero) is 1. The van der Waals surface area contributed by atoms with Crippen molar-refractivity contribution in [2.24, 2.45) is 0 Å². The maximum Gasteiger partial charge on any atom is 0.266 e. The van der Waals surface area contributed by atoms with Crippen LogP contribution >= 0.6 is 22.9 Å². The second-order valence-corrected chi connectivity index (χ2v) is 6.46. The Balaban J connectivity index is 2.04. The number of aromatic nitrogens is 1. The number of aromatic hydroxyl groups is 1. The number of ketones is 1. The van der Waals surface area contributed by atoms with E-state index in [1.165, 1.54) is 25.5 Å². The molecule has 0 radical (unpaired) electrons. The van der Waals surface area contributed by atoms with Gasteiger partial charge in [0.1, 0.15) is 0 Å². The van der Waals surface area contributed by atoms with Crippen LogP contribution in [-0.4, -0.2) is 23.0 Å². The van der Waals surface area contributed by atoms with Gasteiger partial charge >= 0.3 is 0 Å². The van der Waals surface area contributed by atoms with Crippen molar-refractivity contribution >= 4 is 40.9 Å². The molecule has 6 nitrogen and oxygen atoms in total. The second-order valence-electron chi connectivity index (χ2n) is 4.97. The zero-order valence-electron chi connectivity index (χ0n) is 12.9. The lowest BCUT2D eigenvalue weighted by Gasteiger charge is -2.05. The molecule has 0 aliphatic rings. The highest BCUT2D eigenvalue weighted by Crippen LogP contribution is 2.34. The van der Waals surface area contributed by atoms with E-state index in [9.17, 15) is 14.7 Å². The van der Waals surface area contributed by atoms with Crippen molar-refractivity contribution in [1.29, 1.82) is 0 Å². The highest BCUT2D eigenvalue weighted by atomic mass is 35.5. The van der Waals surface area contributed by atoms with Gasteiger partial charge in [0.2, 0.25) is 5.78 Å². The SMILES string of the molecule is COc1cc(/C=c2\s/c(=C\C(=O)c3ccco3)[nH]c2=O)cc(Cl)c1O. The van der Waals surface area contributed by atoms with E-state index in [0.29, 0.717) is 14.8 Å². The Bertz CT molecular complexity index is 1100. The smallest absolute Gasteiger partial charge is 0.266 e. The molecular weight excluding hydrogens is 366 g/mol. The molecule has 2 N–H and O–H groups in total. The average molecular weight is 378 g/mol. The van der Waals surface area contributed by atoms with Crippen molar-refractivity contribution in [3.63, 3.8) is 0 Å². The van der Waals surface area contributed by atoms with Crippen molar-refractivity contribution in [3.05, 3.63) is 66.4 Å². The molecule has 128 valence electrons. The van der Waals surface area contributed by atoms with Gasteiger partial charge in [-0.3, -0.25) is 9.59 Å². The summed E-state index contributed by atoms with van der Waals surface area (Å²) in [5, 5.41) is 9.86. The lowest BCUT2D eigenvalue weighted by molar-refractivity contribution is 0.103. The van der Waals surface area contributed by atoms with Crippen molar-refractivity contribution in [2.75, 3.05) is 7.11 Å². The predicted molar refractivity (Wildman–Crippen MR) is 94.9 cm³/mol. The first-order valence-electron chi connectivity index (χ1n) is 7.05. The van der Waals surface area contributed by atoms with Crippen molar-refractivity contribution in [2.45, 2.75) is 0 Å². The Hall–Kier alpha value is -2.77. The molecule has 0 amide bonds. The normalized spacial score (nSPS) is 12.6. The van der Waals surface area contributed by atoms with Gasteiger partial charge in [0, 0.05) is 6.08 Å². The zero-order chi connectivity index (χ0) is 18.0. The minimum atomic E-state index is -0.344. The van der Waals surface area contributed by atoms with Crippen LogP contribution in [0.4, 0.5) is 0 Å². The fraction of sp³-hybridized carbons (Fsp3) is 0.0588. The molecule has 2 aromatic heterocycles. The van der Waals surface area contributed by atoms with E-state index in [1.54, 1.807) is 24.3 Å². The first-order valence-corrected chi connectivity index (χ1v) is 8.24. The lowest BCUT2D eigenvalue weighted by Crippen LogP contribution is -2.20. The third kappa shape index (κ3) is 3.67. The lowest BCUT2D eigenvalue weighted by atomic mass is 10.2. The Morgan fingerprint density at radius 1 is 1.44 bits per heavy atom. The van der Waals surface area contributed by atoms with Gasteiger partial charge in [0.05, 0.1) is 27.6 Å². The predicted octanol–water partition coefficient (Wildman–Crippen LogP) is 1.89. The summed E-state index contributed by atoms with van der Waals surface area (Å²) in [5.41, 5.74) is 0.238. The van der Waals surface area contributed by atoms with Crippen LogP contribution in [0.15, 0.2) is 39.7 Å². The van der Waals surface area contributed by atoms with Gasteiger partial charge in [0.15, 0.2) is 17.3 Å². The summed E-state index contributed by atoms with van der Waals surface area (Å²) in [6.07, 6.45) is 4.29. The second kappa shape index (κ2) is 7.00. The van der Waals surface area contributed by atoms with Crippen molar-refractivity contribution < 1.29 is 19.1 Å². The fourth-order valence-corrected chi connectivity index (χ4v) is 3.22. The van der Waals surface area contributed by atoms with Gasteiger partial charge in [-0.1, -0.05) is 11.6 Å². The van der Waals surface area contributed by atoms with E-state index < -0.39 is 0 Å². The number of methoxy groups -OCH3 is 1. The van der Waals surface area contributed by atoms with Crippen LogP contribution in [0.2, 0.25) is 5.02 Å². The maximum atomic E-state index is 12.1. The Labute approximate surface area is 150 Å². The molecule has 1 aromatic carbocycles. The highest BCUT2D eigenvalue weighted by molar-refractivity contribution is 7.07. The number of H-pyrrole nitrogens is 1. The monoisotopic (exact) mass is 377 g/mol. The van der Waals surface area contributed by atoms with E-state index in [-0.39, 0.29) is 33.6 Å². The minimum absolute atomic E-state index is 0.110. The first kappa shape index (κ1) is 17.1. The van der Waals surface area contributed by atoms with Crippen LogP contribution in [0, 0.1) is 0 Å². The van der Waals surface area contributed by atoms with Crippen LogP contribution < -0.4 is 19.5 Å². The van der Waals surface area contributed by atoms with Gasteiger partial charge < -0.3 is 19.2 Å². The largest absolute Gasteiger partial charge is 0.503 e. The van der Waals surface area contributed by atoms with Crippen molar-refractivity contribution in [1.82, 2.24) is 4.98 Å². The molecule has 0 saturated heterocycles. The number of phenols is 1. The van der Waals surface area contributed by atoms with E-state index in [4.69, 9.17) is 20.8 Å². The first-order chi connectivity index (χ1) is 12.0. The van der Waals surface area contributed by atoms with E-state index in [0.717, 1.165) is 11.3 Å². The topological polar surface area (TPSA) is 92.5 Å². The Morgan fingerprint density at radius 2 is 2.24 bits per heavy atom. The number of ether oxygens (including phenoxy) is 1. The van der Waals surface area contributed by atoms with E-state index >= 15 is 0 Å². The number of carbonyl (C=O) groups is 1. The quantitative estimate of drug-likeness (QED) is 0.677. The molecule has 0 bridgehead atoms. The minimum Gasteiger partial charge on any atom is -0.503 e. The zero-order valence-corrected chi connectivity index (χ0v) is 14.5. The summed E-state index contributed by atoms with van der Waals surface area (Å²) in [6, 6.07) is 6.22. The number of benzene rings is 1. The van der Waals surface area contributed by atoms with Gasteiger partial charge in [-0.2, -0.15) is 0 Å². The van der Waals surface area contributed by atoms with Crippen LogP contribution in [0.5, 0.6) is 11.5 Å². The summed E-state index contributed by atoms with van der Waals surface area (Å²) in [6.45, 7) is 0. The molecule has 2 heterocycles. The number of nitrogens with one attached hydrogen (secondary N) is 1. The Kier molecular flexibility index (Phi) is 4.78. The van der Waals surface area contributed by atoms with E-state index in [1.807, 2.05) is 0 Å². The summed E-state index contributed by atoms with van der Waals surface area (Å²) < 4.78 is 10.8. The number of halogens is 1. The number of phenolic OH excluding ortho intramolecular Hbond substituents is 1. The number of hydrogen-bond donors (Lipinski definition) is 2. The standard InChI is InChI=1S/C17H12ClNO5S/c1-23-13-6-9(5-10(18)16(13)21)7-14-17(22)19-15(25-14)8-11(20)12-3-2-4-24-12/h2-8,21H,1H3,(H,19,22)/b14-7-,15-8-. The van der Waals surface area contributed by atoms with Crippen molar-refractivity contribution in [3.8, 4) is 11.5 Å². The average Bonchev–Trinajstić information content (AvgIpc) is 3.21. The molecule has 3 aromatic rings. The molecule has 0 fully saturated rings. The molecular formula is C17H12ClNO5S. The number of aromatic amines is 1. The molecule has 0 aliphatic carbocycles. The van der Waals surface area contributed by atoms with Crippen LogP contribution in [0.25, 0.3) is 12.2 Å². The van der Waals surface area contributed by atoms with Gasteiger partial charge in [-0.15, -0.1) is 11.3 Å². The number of rotatable bonds is 4. The van der Waals surface area contributed by atoms with Gasteiger partial charge in [0.25, 0.3) is 5.56 Å². The van der Waals surface area contributed by atoms with Gasteiger partial charge in [-0.05, 0) is 35.9 Å². The van der Waals surface area contributed by atoms with Crippen LogP contribution in [0.3, 0.4) is 0 Å².